The van der Waals surface area contributed by atoms with Crippen molar-refractivity contribution < 1.29 is 9.18 Å². The van der Waals surface area contributed by atoms with Gasteiger partial charge in [0.05, 0.1) is 6.54 Å². The largest absolute Gasteiger partial charge is 0.352 e. The van der Waals surface area contributed by atoms with E-state index in [9.17, 15) is 9.18 Å². The molecule has 30 heavy (non-hydrogen) atoms. The molecule has 0 bridgehead atoms. The number of terminal acetylenes is 1. The highest BCUT2D eigenvalue weighted by atomic mass is 127. The number of carbonyl (C=O) groups excluding carboxylic acids is 1. The molecule has 1 atom stereocenters. The molecule has 0 radical (unpaired) electrons. The van der Waals surface area contributed by atoms with Gasteiger partial charge in [0.2, 0.25) is 5.91 Å². The summed E-state index contributed by atoms with van der Waals surface area (Å²) in [6.07, 6.45) is 7.76. The smallest absolute Gasteiger partial charge is 0.243 e. The quantitative estimate of drug-likeness (QED) is 0.243. The van der Waals surface area contributed by atoms with E-state index in [2.05, 4.69) is 31.8 Å². The first kappa shape index (κ1) is 23.4. The third-order valence-electron chi connectivity index (χ3n) is 4.52. The molecule has 1 aliphatic heterocycles. The predicted molar refractivity (Wildman–Crippen MR) is 128 cm³/mol. The van der Waals surface area contributed by atoms with Gasteiger partial charge in [-0.15, -0.1) is 30.4 Å². The molecule has 2 heterocycles. The lowest BCUT2D eigenvalue weighted by atomic mass is 10.2. The fourth-order valence-corrected chi connectivity index (χ4v) is 3.12. The summed E-state index contributed by atoms with van der Waals surface area (Å²) in [5.41, 5.74) is 1.34. The van der Waals surface area contributed by atoms with Crippen molar-refractivity contribution in [3.05, 3.63) is 54.0 Å². The Hall–Kier alpha value is -2.87. The third-order valence-corrected chi connectivity index (χ3v) is 4.52. The van der Waals surface area contributed by atoms with Crippen LogP contribution in [-0.2, 0) is 4.79 Å². The number of benzene rings is 1. The summed E-state index contributed by atoms with van der Waals surface area (Å²) in [6, 6.07) is 10.1. The number of amides is 1. The number of aliphatic imine (C=N–C) groups is 1. The Balaban J connectivity index is 0.00000320. The molecule has 158 valence electrons. The highest BCUT2D eigenvalue weighted by Gasteiger charge is 2.26. The molecular formula is C21H24FIN6O. The molecule has 0 saturated carbocycles. The number of guanidine groups is 1. The van der Waals surface area contributed by atoms with Gasteiger partial charge in [0.15, 0.2) is 17.6 Å². The van der Waals surface area contributed by atoms with Crippen LogP contribution in [0.1, 0.15) is 12.0 Å². The molecule has 9 heteroatoms. The molecule has 1 fully saturated rings. The van der Waals surface area contributed by atoms with E-state index in [4.69, 9.17) is 6.42 Å². The normalized spacial score (nSPS) is 15.7. The van der Waals surface area contributed by atoms with Crippen molar-refractivity contribution in [2.24, 2.45) is 4.99 Å². The van der Waals surface area contributed by atoms with E-state index in [-0.39, 0.29) is 48.3 Å². The van der Waals surface area contributed by atoms with Crippen LogP contribution in [0, 0.1) is 18.2 Å². The Morgan fingerprint density at radius 3 is 2.97 bits per heavy atom. The minimum Gasteiger partial charge on any atom is -0.352 e. The van der Waals surface area contributed by atoms with Gasteiger partial charge in [-0.05, 0) is 36.8 Å². The van der Waals surface area contributed by atoms with Gasteiger partial charge in [-0.3, -0.25) is 9.79 Å². The Morgan fingerprint density at radius 2 is 2.23 bits per heavy atom. The highest BCUT2D eigenvalue weighted by Crippen LogP contribution is 2.20. The maximum Gasteiger partial charge on any atom is 0.243 e. The molecule has 0 aliphatic carbocycles. The lowest BCUT2D eigenvalue weighted by Crippen LogP contribution is -2.46. The molecule has 1 aromatic heterocycles. The van der Waals surface area contributed by atoms with Crippen LogP contribution in [0.15, 0.2) is 47.6 Å². The Kier molecular flexibility index (Phi) is 8.86. The van der Waals surface area contributed by atoms with Gasteiger partial charge in [-0.1, -0.05) is 12.0 Å². The maximum absolute atomic E-state index is 13.9. The van der Waals surface area contributed by atoms with Crippen molar-refractivity contribution >= 4 is 47.3 Å². The zero-order valence-corrected chi connectivity index (χ0v) is 18.9. The topological polar surface area (TPSA) is 81.6 Å². The van der Waals surface area contributed by atoms with Crippen LogP contribution in [0.4, 0.5) is 15.9 Å². The number of hydrogen-bond donors (Lipinski definition) is 3. The van der Waals surface area contributed by atoms with Crippen molar-refractivity contribution in [1.29, 1.82) is 0 Å². The molecule has 7 nitrogen and oxygen atoms in total. The first-order valence-corrected chi connectivity index (χ1v) is 9.28. The number of hydrogen-bond acceptors (Lipinski definition) is 4. The third kappa shape index (κ3) is 6.32. The van der Waals surface area contributed by atoms with E-state index in [1.165, 1.54) is 6.07 Å². The van der Waals surface area contributed by atoms with Crippen LogP contribution in [0.3, 0.4) is 0 Å². The average molecular weight is 522 g/mol. The van der Waals surface area contributed by atoms with E-state index in [0.29, 0.717) is 36.1 Å². The van der Waals surface area contributed by atoms with Crippen LogP contribution >= 0.6 is 24.0 Å². The minimum atomic E-state index is -0.332. The number of nitrogens with zero attached hydrogens (tertiary/aromatic N) is 3. The summed E-state index contributed by atoms with van der Waals surface area (Å²) >= 11 is 0. The number of nitrogens with one attached hydrogen (secondary N) is 3. The fourth-order valence-electron chi connectivity index (χ4n) is 3.12. The molecule has 1 aromatic carbocycles. The van der Waals surface area contributed by atoms with Gasteiger partial charge >= 0.3 is 0 Å². The van der Waals surface area contributed by atoms with E-state index in [0.717, 1.165) is 6.42 Å². The summed E-state index contributed by atoms with van der Waals surface area (Å²) in [5.74, 6) is 2.84. The molecule has 3 N–H and O–H groups in total. The summed E-state index contributed by atoms with van der Waals surface area (Å²) in [4.78, 5) is 22.3. The maximum atomic E-state index is 13.9. The zero-order valence-electron chi connectivity index (χ0n) is 16.6. The van der Waals surface area contributed by atoms with Crippen LogP contribution in [0.25, 0.3) is 0 Å². The summed E-state index contributed by atoms with van der Waals surface area (Å²) in [6.45, 7) is 1.33. The van der Waals surface area contributed by atoms with E-state index < -0.39 is 0 Å². The Labute approximate surface area is 192 Å². The van der Waals surface area contributed by atoms with E-state index in [1.54, 1.807) is 43.6 Å². The molecule has 1 unspecified atom stereocenters. The summed E-state index contributed by atoms with van der Waals surface area (Å²) in [5, 5.41) is 9.04. The summed E-state index contributed by atoms with van der Waals surface area (Å²) in [7, 11) is 1.63. The number of aromatic nitrogens is 1. The van der Waals surface area contributed by atoms with Gasteiger partial charge < -0.3 is 20.9 Å². The first-order chi connectivity index (χ1) is 14.1. The van der Waals surface area contributed by atoms with Gasteiger partial charge in [0.25, 0.3) is 0 Å². The minimum absolute atomic E-state index is 0. The van der Waals surface area contributed by atoms with E-state index >= 15 is 0 Å². The van der Waals surface area contributed by atoms with Crippen molar-refractivity contribution in [3.8, 4) is 12.3 Å². The second-order valence-electron chi connectivity index (χ2n) is 6.58. The van der Waals surface area contributed by atoms with Crippen molar-refractivity contribution in [2.75, 3.05) is 36.9 Å². The van der Waals surface area contributed by atoms with Crippen LogP contribution in [0.5, 0.6) is 0 Å². The van der Waals surface area contributed by atoms with Crippen LogP contribution in [0.2, 0.25) is 0 Å². The Bertz CT molecular complexity index is 945. The fraction of sp³-hybridized carbons (Fsp3) is 0.286. The monoisotopic (exact) mass is 522 g/mol. The predicted octanol–water partition coefficient (Wildman–Crippen LogP) is 2.20. The molecular weight excluding hydrogens is 498 g/mol. The van der Waals surface area contributed by atoms with Gasteiger partial charge in [0, 0.05) is 43.6 Å². The molecule has 0 spiro atoms. The average Bonchev–Trinajstić information content (AvgIpc) is 3.19. The standard InChI is InChI=1S/C21H23FN6O.HI/c1-3-15-6-4-7-16(12-15)26-19(29)13-25-21(23-2)27-17-9-11-28(14-17)20-18(22)8-5-10-24-20;/h1,4-8,10,12,17H,9,11,13-14H2,2H3,(H,26,29)(H2,23,25,27);1H. The second-order valence-corrected chi connectivity index (χ2v) is 6.58. The number of anilines is 2. The molecule has 1 saturated heterocycles. The van der Waals surface area contributed by atoms with Crippen LogP contribution in [-0.4, -0.2) is 49.6 Å². The molecule has 3 rings (SSSR count). The Morgan fingerprint density at radius 1 is 1.40 bits per heavy atom. The zero-order chi connectivity index (χ0) is 20.6. The van der Waals surface area contributed by atoms with Crippen molar-refractivity contribution in [1.82, 2.24) is 15.6 Å². The van der Waals surface area contributed by atoms with Crippen LogP contribution < -0.4 is 20.9 Å². The van der Waals surface area contributed by atoms with Gasteiger partial charge in [-0.2, -0.15) is 0 Å². The summed E-state index contributed by atoms with van der Waals surface area (Å²) < 4.78 is 13.9. The second kappa shape index (κ2) is 11.3. The number of pyridine rings is 1. The van der Waals surface area contributed by atoms with Gasteiger partial charge in [-0.25, -0.2) is 9.37 Å². The molecule has 2 aromatic rings. The van der Waals surface area contributed by atoms with Crippen molar-refractivity contribution in [2.45, 2.75) is 12.5 Å². The lowest BCUT2D eigenvalue weighted by molar-refractivity contribution is -0.115. The highest BCUT2D eigenvalue weighted by molar-refractivity contribution is 14.0. The molecule has 1 amide bonds. The van der Waals surface area contributed by atoms with Crippen molar-refractivity contribution in [3.63, 3.8) is 0 Å². The molecule has 1 aliphatic rings. The number of carbonyl (C=O) groups is 1. The lowest BCUT2D eigenvalue weighted by Gasteiger charge is -2.19. The van der Waals surface area contributed by atoms with E-state index in [1.807, 2.05) is 4.90 Å². The number of halogens is 2. The SMILES string of the molecule is C#Cc1cccc(NC(=O)CNC(=NC)NC2CCN(c3ncccc3F)C2)c1.I. The van der Waals surface area contributed by atoms with Gasteiger partial charge in [0.1, 0.15) is 0 Å². The first-order valence-electron chi connectivity index (χ1n) is 9.28. The number of rotatable bonds is 5.